The smallest absolute Gasteiger partial charge is 0.217 e. The number of primary amides is 1. The van der Waals surface area contributed by atoms with Gasteiger partial charge < -0.3 is 5.73 Å². The van der Waals surface area contributed by atoms with Gasteiger partial charge in [-0.15, -0.1) is 13.2 Å². The molecular weight excluding hydrogens is 114 g/mol. The number of carbonyl (C=O) groups is 1. The quantitative estimate of drug-likeness (QED) is 0.561. The number of amides is 1. The van der Waals surface area contributed by atoms with Crippen molar-refractivity contribution in [2.24, 2.45) is 11.7 Å². The summed E-state index contributed by atoms with van der Waals surface area (Å²) < 4.78 is 0. The molecule has 0 aromatic rings. The van der Waals surface area contributed by atoms with Crippen molar-refractivity contribution in [1.29, 1.82) is 0 Å². The lowest BCUT2D eigenvalue weighted by atomic mass is 10.1. The lowest BCUT2D eigenvalue weighted by Crippen LogP contribution is -2.12. The molecule has 0 saturated heterocycles. The maximum Gasteiger partial charge on any atom is 0.217 e. The molecule has 0 aliphatic rings. The molecule has 0 fully saturated rings. The van der Waals surface area contributed by atoms with E-state index in [1.54, 1.807) is 0 Å². The summed E-state index contributed by atoms with van der Waals surface area (Å²) in [6, 6.07) is 0. The largest absolute Gasteiger partial charge is 0.370 e. The summed E-state index contributed by atoms with van der Waals surface area (Å²) in [6.07, 6.45) is 0.500. The molecule has 2 nitrogen and oxygen atoms in total. The summed E-state index contributed by atoms with van der Waals surface area (Å²) in [5.41, 5.74) is 4.85. The van der Waals surface area contributed by atoms with E-state index in [9.17, 15) is 4.79 Å². The highest BCUT2D eigenvalue weighted by Crippen LogP contribution is 1.95. The predicted molar refractivity (Wildman–Crippen MR) is 39.9 cm³/mol. The Bertz CT molecular complexity index is 79.0. The molecule has 0 unspecified atom stereocenters. The van der Waals surface area contributed by atoms with E-state index in [1.807, 2.05) is 13.8 Å². The van der Waals surface area contributed by atoms with Crippen LogP contribution in [0.4, 0.5) is 0 Å². The van der Waals surface area contributed by atoms with E-state index in [4.69, 9.17) is 5.73 Å². The molecule has 0 atom stereocenters. The van der Waals surface area contributed by atoms with Crippen molar-refractivity contribution in [3.8, 4) is 0 Å². The van der Waals surface area contributed by atoms with E-state index in [-0.39, 0.29) is 5.91 Å². The topological polar surface area (TPSA) is 43.1 Å². The first kappa shape index (κ1) is 11.1. The van der Waals surface area contributed by atoms with Crippen LogP contribution >= 0.6 is 0 Å². The van der Waals surface area contributed by atoms with E-state index >= 15 is 0 Å². The Morgan fingerprint density at radius 1 is 1.56 bits per heavy atom. The highest BCUT2D eigenvalue weighted by molar-refractivity contribution is 5.73. The Hall–Kier alpha value is -0.790. The van der Waals surface area contributed by atoms with Crippen molar-refractivity contribution >= 4 is 5.91 Å². The average Bonchev–Trinajstić information content (AvgIpc) is 1.68. The van der Waals surface area contributed by atoms with Crippen molar-refractivity contribution in [3.63, 3.8) is 0 Å². The molecule has 0 aliphatic heterocycles. The van der Waals surface area contributed by atoms with Gasteiger partial charge in [-0.25, -0.2) is 0 Å². The van der Waals surface area contributed by atoms with Gasteiger partial charge in [0, 0.05) is 6.42 Å². The van der Waals surface area contributed by atoms with E-state index < -0.39 is 0 Å². The Balaban J connectivity index is 0. The number of nitrogens with two attached hydrogens (primary N) is 1. The Morgan fingerprint density at radius 2 is 1.89 bits per heavy atom. The molecule has 2 N–H and O–H groups in total. The molecule has 0 aromatic heterocycles. The monoisotopic (exact) mass is 129 g/mol. The maximum atomic E-state index is 10.0. The minimum Gasteiger partial charge on any atom is -0.370 e. The molecule has 0 radical (unpaired) electrons. The molecule has 0 spiro atoms. The van der Waals surface area contributed by atoms with E-state index in [0.717, 1.165) is 0 Å². The van der Waals surface area contributed by atoms with Crippen LogP contribution in [-0.4, -0.2) is 5.91 Å². The van der Waals surface area contributed by atoms with Crippen LogP contribution in [-0.2, 0) is 4.79 Å². The van der Waals surface area contributed by atoms with Crippen LogP contribution in [0.1, 0.15) is 20.3 Å². The fourth-order valence-electron chi connectivity index (χ4n) is 0.402. The van der Waals surface area contributed by atoms with Crippen LogP contribution in [0.3, 0.4) is 0 Å². The molecule has 0 heterocycles. The van der Waals surface area contributed by atoms with Gasteiger partial charge in [0.15, 0.2) is 0 Å². The summed E-state index contributed by atoms with van der Waals surface area (Å²) in [7, 11) is 0. The molecule has 0 aromatic carbocycles. The van der Waals surface area contributed by atoms with Gasteiger partial charge in [-0.1, -0.05) is 13.8 Å². The first-order valence-electron chi connectivity index (χ1n) is 2.91. The van der Waals surface area contributed by atoms with E-state index in [0.29, 0.717) is 12.3 Å². The summed E-state index contributed by atoms with van der Waals surface area (Å²) in [5, 5.41) is 0. The molecule has 1 amide bonds. The Labute approximate surface area is 56.7 Å². The van der Waals surface area contributed by atoms with Gasteiger partial charge in [-0.2, -0.15) is 0 Å². The number of hydrogen-bond acceptors (Lipinski definition) is 1. The Kier molecular flexibility index (Phi) is 8.87. The third-order valence-corrected chi connectivity index (χ3v) is 0.609. The van der Waals surface area contributed by atoms with Crippen LogP contribution in [0, 0.1) is 5.92 Å². The van der Waals surface area contributed by atoms with Crippen LogP contribution in [0.25, 0.3) is 0 Å². The summed E-state index contributed by atoms with van der Waals surface area (Å²) in [5.74, 6) is 0.188. The van der Waals surface area contributed by atoms with Crippen molar-refractivity contribution in [2.45, 2.75) is 20.3 Å². The zero-order valence-corrected chi connectivity index (χ0v) is 6.18. The van der Waals surface area contributed by atoms with Gasteiger partial charge in [-0.3, -0.25) is 4.79 Å². The molecule has 0 saturated carbocycles. The fraction of sp³-hybridized carbons (Fsp3) is 0.571. The standard InChI is InChI=1S/C5H11NO.C2H4/c1-4(2)3-5(6)7;1-2/h4H,3H2,1-2H3,(H2,6,7);1-2H2. The molecule has 0 rings (SSSR count). The third kappa shape index (κ3) is 19.0. The Morgan fingerprint density at radius 3 is 1.89 bits per heavy atom. The van der Waals surface area contributed by atoms with Gasteiger partial charge in [-0.05, 0) is 5.92 Å². The third-order valence-electron chi connectivity index (χ3n) is 0.609. The molecule has 2 heteroatoms. The second kappa shape index (κ2) is 7.21. The van der Waals surface area contributed by atoms with Gasteiger partial charge in [0.25, 0.3) is 0 Å². The molecular formula is C7H15NO. The van der Waals surface area contributed by atoms with Gasteiger partial charge in [0.2, 0.25) is 5.91 Å². The SMILES string of the molecule is C=C.CC(C)CC(N)=O. The summed E-state index contributed by atoms with van der Waals surface area (Å²) in [6.45, 7) is 9.93. The number of hydrogen-bond donors (Lipinski definition) is 1. The highest BCUT2D eigenvalue weighted by Gasteiger charge is 1.96. The van der Waals surface area contributed by atoms with Gasteiger partial charge >= 0.3 is 0 Å². The summed E-state index contributed by atoms with van der Waals surface area (Å²) in [4.78, 5) is 10.0. The number of carbonyl (C=O) groups excluding carboxylic acids is 1. The van der Waals surface area contributed by atoms with Crippen LogP contribution in [0.2, 0.25) is 0 Å². The normalized spacial score (nSPS) is 7.89. The fourth-order valence-corrected chi connectivity index (χ4v) is 0.402. The van der Waals surface area contributed by atoms with Crippen LogP contribution in [0.5, 0.6) is 0 Å². The zero-order valence-electron chi connectivity index (χ0n) is 6.18. The summed E-state index contributed by atoms with van der Waals surface area (Å²) >= 11 is 0. The predicted octanol–water partition coefficient (Wildman–Crippen LogP) is 1.32. The molecule has 9 heavy (non-hydrogen) atoms. The number of rotatable bonds is 2. The zero-order chi connectivity index (χ0) is 7.86. The van der Waals surface area contributed by atoms with Crippen molar-refractivity contribution in [2.75, 3.05) is 0 Å². The molecule has 0 bridgehead atoms. The molecule has 0 aliphatic carbocycles. The van der Waals surface area contributed by atoms with Gasteiger partial charge in [0.05, 0.1) is 0 Å². The lowest BCUT2D eigenvalue weighted by molar-refractivity contribution is -0.118. The first-order chi connectivity index (χ1) is 4.13. The van der Waals surface area contributed by atoms with Crippen LogP contribution in [0.15, 0.2) is 13.2 Å². The second-order valence-electron chi connectivity index (χ2n) is 2.06. The van der Waals surface area contributed by atoms with Crippen molar-refractivity contribution in [1.82, 2.24) is 0 Å². The minimum atomic E-state index is -0.213. The van der Waals surface area contributed by atoms with Crippen LogP contribution < -0.4 is 5.73 Å². The average molecular weight is 129 g/mol. The first-order valence-corrected chi connectivity index (χ1v) is 2.91. The van der Waals surface area contributed by atoms with Crippen molar-refractivity contribution < 1.29 is 4.79 Å². The lowest BCUT2D eigenvalue weighted by Gasteiger charge is -1.95. The van der Waals surface area contributed by atoms with E-state index in [1.165, 1.54) is 0 Å². The minimum absolute atomic E-state index is 0.213. The molecule has 54 valence electrons. The van der Waals surface area contributed by atoms with Crippen molar-refractivity contribution in [3.05, 3.63) is 13.2 Å². The van der Waals surface area contributed by atoms with Gasteiger partial charge in [0.1, 0.15) is 0 Å². The van der Waals surface area contributed by atoms with E-state index in [2.05, 4.69) is 13.2 Å². The second-order valence-corrected chi connectivity index (χ2v) is 2.06. The highest BCUT2D eigenvalue weighted by atomic mass is 16.1. The maximum absolute atomic E-state index is 10.0.